The van der Waals surface area contributed by atoms with Gasteiger partial charge in [0.15, 0.2) is 12.1 Å². The number of amides is 1. The highest BCUT2D eigenvalue weighted by molar-refractivity contribution is 5.98. The molecule has 1 aliphatic rings. The fraction of sp³-hybridized carbons (Fsp3) is 0.182. The van der Waals surface area contributed by atoms with Crippen molar-refractivity contribution < 1.29 is 9.53 Å². The Hall–Kier alpha value is -2.77. The highest BCUT2D eigenvalue weighted by atomic mass is 16.5. The molecule has 8 nitrogen and oxygen atoms in total. The number of nitrogens with one attached hydrogen (secondary N) is 1. The normalized spacial score (nSPS) is 18.1. The summed E-state index contributed by atoms with van der Waals surface area (Å²) in [4.78, 5) is 19.0. The van der Waals surface area contributed by atoms with Crippen molar-refractivity contribution in [2.24, 2.45) is 27.2 Å². The monoisotopic (exact) mass is 262 g/mol. The van der Waals surface area contributed by atoms with Crippen molar-refractivity contribution in [3.8, 4) is 5.75 Å². The van der Waals surface area contributed by atoms with Gasteiger partial charge in [0.1, 0.15) is 5.75 Å². The molecule has 19 heavy (non-hydrogen) atoms. The van der Waals surface area contributed by atoms with Crippen LogP contribution < -0.4 is 27.3 Å². The number of rotatable bonds is 1. The molecule has 1 heterocycles. The van der Waals surface area contributed by atoms with E-state index in [2.05, 4.69) is 15.3 Å². The van der Waals surface area contributed by atoms with Crippen LogP contribution >= 0.6 is 0 Å². The number of anilines is 1. The van der Waals surface area contributed by atoms with Gasteiger partial charge in [0.05, 0.1) is 11.4 Å². The molecule has 7 N–H and O–H groups in total. The molecule has 8 heteroatoms. The second kappa shape index (κ2) is 4.84. The van der Waals surface area contributed by atoms with E-state index < -0.39 is 6.10 Å². The summed E-state index contributed by atoms with van der Waals surface area (Å²) >= 11 is 0. The first-order valence-electron chi connectivity index (χ1n) is 5.51. The number of nitrogens with zero attached hydrogens (tertiary/aromatic N) is 2. The molecule has 0 saturated heterocycles. The minimum Gasteiger partial charge on any atom is -0.479 e. The van der Waals surface area contributed by atoms with Gasteiger partial charge in [0.25, 0.3) is 5.91 Å². The average Bonchev–Trinajstić information content (AvgIpc) is 2.30. The topological polar surface area (TPSA) is 141 Å². The van der Waals surface area contributed by atoms with Crippen LogP contribution in [0.2, 0.25) is 0 Å². The molecule has 0 bridgehead atoms. The summed E-state index contributed by atoms with van der Waals surface area (Å²) in [6.07, 6.45) is -0.554. The second-order valence-electron chi connectivity index (χ2n) is 3.94. The smallest absolute Gasteiger partial charge is 0.265 e. The Labute approximate surface area is 109 Å². The van der Waals surface area contributed by atoms with Crippen molar-refractivity contribution in [3.05, 3.63) is 18.2 Å². The lowest BCUT2D eigenvalue weighted by molar-refractivity contribution is -0.122. The number of aliphatic imine (C=N–C) groups is 2. The first-order valence-corrected chi connectivity index (χ1v) is 5.51. The van der Waals surface area contributed by atoms with E-state index in [0.29, 0.717) is 17.1 Å². The molecule has 1 amide bonds. The Morgan fingerprint density at radius 2 is 2.11 bits per heavy atom. The van der Waals surface area contributed by atoms with Crippen LogP contribution in [0.5, 0.6) is 5.75 Å². The van der Waals surface area contributed by atoms with Crippen LogP contribution in [-0.4, -0.2) is 23.9 Å². The van der Waals surface area contributed by atoms with E-state index in [1.54, 1.807) is 25.1 Å². The minimum absolute atomic E-state index is 0.0622. The molecule has 1 aromatic rings. The summed E-state index contributed by atoms with van der Waals surface area (Å²) in [5.41, 5.74) is 17.0. The first kappa shape index (κ1) is 12.7. The van der Waals surface area contributed by atoms with E-state index >= 15 is 0 Å². The Balaban J connectivity index is 2.29. The summed E-state index contributed by atoms with van der Waals surface area (Å²) in [7, 11) is 0. The molecular formula is C11H14N6O2. The maximum absolute atomic E-state index is 11.4. The van der Waals surface area contributed by atoms with Crippen LogP contribution in [0.3, 0.4) is 0 Å². The summed E-state index contributed by atoms with van der Waals surface area (Å²) < 4.78 is 5.44. The number of benzene rings is 1. The molecular weight excluding hydrogens is 248 g/mol. The third-order valence-electron chi connectivity index (χ3n) is 2.38. The largest absolute Gasteiger partial charge is 0.479 e. The lowest BCUT2D eigenvalue weighted by Crippen LogP contribution is -2.34. The van der Waals surface area contributed by atoms with Gasteiger partial charge >= 0.3 is 0 Å². The van der Waals surface area contributed by atoms with Crippen LogP contribution in [-0.2, 0) is 4.79 Å². The molecule has 2 rings (SSSR count). The van der Waals surface area contributed by atoms with Crippen LogP contribution in [0.1, 0.15) is 6.92 Å². The molecule has 0 aromatic heterocycles. The van der Waals surface area contributed by atoms with Crippen molar-refractivity contribution in [1.29, 1.82) is 0 Å². The molecule has 0 fully saturated rings. The Morgan fingerprint density at radius 3 is 2.79 bits per heavy atom. The maximum atomic E-state index is 11.4. The van der Waals surface area contributed by atoms with E-state index in [9.17, 15) is 4.79 Å². The van der Waals surface area contributed by atoms with Gasteiger partial charge in [-0.05, 0) is 19.1 Å². The summed E-state index contributed by atoms with van der Waals surface area (Å²) in [5, 5.41) is 2.71. The summed E-state index contributed by atoms with van der Waals surface area (Å²) in [5.74, 6) is 0.0961. The number of guanidine groups is 2. The SMILES string of the molecule is CC1Oc2cc(N=C(N)N=C(N)N)ccc2NC1=O. The quantitative estimate of drug-likeness (QED) is 0.403. The van der Waals surface area contributed by atoms with Gasteiger partial charge in [-0.2, -0.15) is 4.99 Å². The zero-order valence-corrected chi connectivity index (χ0v) is 10.3. The van der Waals surface area contributed by atoms with Crippen molar-refractivity contribution in [2.75, 3.05) is 5.32 Å². The second-order valence-corrected chi connectivity index (χ2v) is 3.94. The van der Waals surface area contributed by atoms with E-state index in [-0.39, 0.29) is 17.8 Å². The van der Waals surface area contributed by atoms with Gasteiger partial charge in [0, 0.05) is 6.07 Å². The van der Waals surface area contributed by atoms with E-state index in [4.69, 9.17) is 21.9 Å². The highest BCUT2D eigenvalue weighted by Crippen LogP contribution is 2.33. The van der Waals surface area contributed by atoms with Gasteiger partial charge in [-0.3, -0.25) is 4.79 Å². The zero-order chi connectivity index (χ0) is 14.0. The van der Waals surface area contributed by atoms with Crippen molar-refractivity contribution in [1.82, 2.24) is 0 Å². The molecule has 0 spiro atoms. The predicted octanol–water partition coefficient (Wildman–Crippen LogP) is -0.374. The van der Waals surface area contributed by atoms with Crippen LogP contribution in [0.15, 0.2) is 28.2 Å². The summed E-state index contributed by atoms with van der Waals surface area (Å²) in [6.45, 7) is 1.65. The molecule has 1 atom stereocenters. The van der Waals surface area contributed by atoms with Crippen LogP contribution in [0.25, 0.3) is 0 Å². The molecule has 0 saturated carbocycles. The van der Waals surface area contributed by atoms with Crippen molar-refractivity contribution in [3.63, 3.8) is 0 Å². The van der Waals surface area contributed by atoms with E-state index in [0.717, 1.165) is 0 Å². The predicted molar refractivity (Wildman–Crippen MR) is 72.3 cm³/mol. The van der Waals surface area contributed by atoms with Crippen molar-refractivity contribution in [2.45, 2.75) is 13.0 Å². The molecule has 0 radical (unpaired) electrons. The van der Waals surface area contributed by atoms with Gasteiger partial charge < -0.3 is 27.3 Å². The van der Waals surface area contributed by atoms with Gasteiger partial charge in [-0.25, -0.2) is 4.99 Å². The third kappa shape index (κ3) is 2.92. The highest BCUT2D eigenvalue weighted by Gasteiger charge is 2.23. The third-order valence-corrected chi connectivity index (χ3v) is 2.38. The fourth-order valence-corrected chi connectivity index (χ4v) is 1.55. The molecule has 0 aliphatic carbocycles. The van der Waals surface area contributed by atoms with Crippen LogP contribution in [0.4, 0.5) is 11.4 Å². The van der Waals surface area contributed by atoms with E-state index in [1.165, 1.54) is 0 Å². The lowest BCUT2D eigenvalue weighted by atomic mass is 10.2. The van der Waals surface area contributed by atoms with E-state index in [1.807, 2.05) is 0 Å². The summed E-state index contributed by atoms with van der Waals surface area (Å²) in [6, 6.07) is 4.97. The first-order chi connectivity index (χ1) is 8.95. The number of fused-ring (bicyclic) bond motifs is 1. The van der Waals surface area contributed by atoms with Crippen LogP contribution in [0, 0.1) is 0 Å². The zero-order valence-electron chi connectivity index (χ0n) is 10.3. The standard InChI is InChI=1S/C11H14N6O2/c1-5-9(18)16-7-3-2-6(4-8(7)19-5)15-11(14)17-10(12)13/h2-5H,1H3,(H,16,18)(H6,12,13,14,15,17). The number of ether oxygens (including phenoxy) is 1. The Bertz CT molecular complexity index is 577. The molecule has 100 valence electrons. The minimum atomic E-state index is -0.554. The Morgan fingerprint density at radius 1 is 1.37 bits per heavy atom. The number of hydrogen-bond donors (Lipinski definition) is 4. The maximum Gasteiger partial charge on any atom is 0.265 e. The molecule has 1 unspecified atom stereocenters. The number of hydrogen-bond acceptors (Lipinski definition) is 3. The van der Waals surface area contributed by atoms with Gasteiger partial charge in [-0.15, -0.1) is 0 Å². The number of nitrogens with two attached hydrogens (primary N) is 3. The average molecular weight is 262 g/mol. The lowest BCUT2D eigenvalue weighted by Gasteiger charge is -2.23. The van der Waals surface area contributed by atoms with Gasteiger partial charge in [0.2, 0.25) is 5.96 Å². The fourth-order valence-electron chi connectivity index (χ4n) is 1.55. The number of carbonyl (C=O) groups excluding carboxylic acids is 1. The van der Waals surface area contributed by atoms with Crippen molar-refractivity contribution >= 4 is 29.2 Å². The Kier molecular flexibility index (Phi) is 3.23. The van der Waals surface area contributed by atoms with Gasteiger partial charge in [-0.1, -0.05) is 0 Å². The molecule has 1 aromatic carbocycles. The number of carbonyl (C=O) groups is 1. The molecule has 1 aliphatic heterocycles.